The van der Waals surface area contributed by atoms with E-state index in [1.807, 2.05) is 13.8 Å². The van der Waals surface area contributed by atoms with Crippen LogP contribution in [0.3, 0.4) is 0 Å². The molecule has 0 aliphatic carbocycles. The Morgan fingerprint density at radius 2 is 1.65 bits per heavy atom. The van der Waals surface area contributed by atoms with Crippen LogP contribution in [-0.2, 0) is 14.3 Å². The minimum absolute atomic E-state index is 0.211. The molecule has 3 atom stereocenters. The van der Waals surface area contributed by atoms with Crippen LogP contribution in [0.25, 0.3) is 0 Å². The van der Waals surface area contributed by atoms with Crippen LogP contribution in [0.5, 0.6) is 5.75 Å². The second kappa shape index (κ2) is 12.8. The fourth-order valence-corrected chi connectivity index (χ4v) is 3.66. The molecule has 37 heavy (non-hydrogen) atoms. The highest BCUT2D eigenvalue weighted by Gasteiger charge is 2.36. The summed E-state index contributed by atoms with van der Waals surface area (Å²) in [5.74, 6) is 2.15. The third-order valence-electron chi connectivity index (χ3n) is 5.89. The van der Waals surface area contributed by atoms with Crippen LogP contribution < -0.4 is 15.4 Å². The molecule has 2 aromatic carbocycles. The first-order valence-electron chi connectivity index (χ1n) is 12.2. The van der Waals surface area contributed by atoms with Crippen LogP contribution in [0, 0.1) is 18.3 Å². The number of ether oxygens (including phenoxy) is 2. The van der Waals surface area contributed by atoms with E-state index >= 15 is 0 Å². The van der Waals surface area contributed by atoms with E-state index in [4.69, 9.17) is 15.9 Å². The first-order chi connectivity index (χ1) is 17.4. The van der Waals surface area contributed by atoms with Crippen LogP contribution >= 0.6 is 0 Å². The molecule has 2 aromatic rings. The van der Waals surface area contributed by atoms with Gasteiger partial charge in [0, 0.05) is 18.3 Å². The Morgan fingerprint density at radius 1 is 1.05 bits per heavy atom. The monoisotopic (exact) mass is 507 g/mol. The van der Waals surface area contributed by atoms with Crippen molar-refractivity contribution in [1.82, 2.24) is 10.2 Å². The molecule has 0 aromatic heterocycles. The predicted octanol–water partition coefficient (Wildman–Crippen LogP) is 4.75. The normalized spacial score (nSPS) is 13.4. The fraction of sp³-hybridized carbons (Fsp3) is 0.414. The van der Waals surface area contributed by atoms with Crippen molar-refractivity contribution in [2.75, 3.05) is 19.5 Å². The lowest BCUT2D eigenvalue weighted by Crippen LogP contribution is -2.53. The zero-order valence-electron chi connectivity index (χ0n) is 22.6. The summed E-state index contributed by atoms with van der Waals surface area (Å²) in [5, 5.41) is 5.58. The van der Waals surface area contributed by atoms with Gasteiger partial charge in [-0.1, -0.05) is 38.3 Å². The molecule has 0 aliphatic rings. The van der Waals surface area contributed by atoms with E-state index in [1.165, 1.54) is 4.90 Å². The van der Waals surface area contributed by atoms with Crippen LogP contribution in [0.4, 0.5) is 10.5 Å². The average molecular weight is 508 g/mol. The van der Waals surface area contributed by atoms with Crippen molar-refractivity contribution >= 4 is 23.6 Å². The lowest BCUT2D eigenvalue weighted by molar-refractivity contribution is -0.140. The number of alkyl carbamates (subject to hydrolysis) is 1. The van der Waals surface area contributed by atoms with E-state index in [0.717, 1.165) is 0 Å². The Kier molecular flexibility index (Phi) is 10.1. The second-order valence-corrected chi connectivity index (χ2v) is 9.85. The lowest BCUT2D eigenvalue weighted by atomic mass is 9.96. The Labute approximate surface area is 219 Å². The number of hydrogen-bond acceptors (Lipinski definition) is 5. The number of likely N-dealkylation sites (N-methyl/N-ethyl adjacent to an activating group) is 1. The molecule has 0 bridgehead atoms. The van der Waals surface area contributed by atoms with Gasteiger partial charge in [0.2, 0.25) is 5.91 Å². The summed E-state index contributed by atoms with van der Waals surface area (Å²) >= 11 is 0. The SMILES string of the molecule is C#Cc1ccc(C(C(=O)Nc2ccc(OC)cc2)N(C)C(=O)C(NC(=O)OC(C)(C)C)C(C)CC)cc1. The van der Waals surface area contributed by atoms with E-state index in [2.05, 4.69) is 16.6 Å². The molecule has 2 rings (SSSR count). The third-order valence-corrected chi connectivity index (χ3v) is 5.89. The van der Waals surface area contributed by atoms with Crippen LogP contribution in [0.2, 0.25) is 0 Å². The largest absolute Gasteiger partial charge is 0.497 e. The summed E-state index contributed by atoms with van der Waals surface area (Å²) in [4.78, 5) is 41.2. The number of nitrogens with zero attached hydrogens (tertiary/aromatic N) is 1. The zero-order chi connectivity index (χ0) is 27.8. The molecule has 198 valence electrons. The van der Waals surface area contributed by atoms with Gasteiger partial charge >= 0.3 is 6.09 Å². The van der Waals surface area contributed by atoms with E-state index in [-0.39, 0.29) is 5.92 Å². The van der Waals surface area contributed by atoms with Crippen molar-refractivity contribution in [3.8, 4) is 18.1 Å². The van der Waals surface area contributed by atoms with Gasteiger partial charge in [-0.15, -0.1) is 6.42 Å². The number of methoxy groups -OCH3 is 1. The summed E-state index contributed by atoms with van der Waals surface area (Å²) in [5.41, 5.74) is 1.04. The van der Waals surface area contributed by atoms with Gasteiger partial charge in [-0.25, -0.2) is 4.79 Å². The number of nitrogens with one attached hydrogen (secondary N) is 2. The summed E-state index contributed by atoms with van der Waals surface area (Å²) in [6.07, 6.45) is 5.42. The topological polar surface area (TPSA) is 97.0 Å². The van der Waals surface area contributed by atoms with E-state index < -0.39 is 35.6 Å². The Hall–Kier alpha value is -3.99. The van der Waals surface area contributed by atoms with Gasteiger partial charge in [-0.2, -0.15) is 0 Å². The average Bonchev–Trinajstić information content (AvgIpc) is 2.86. The molecule has 0 spiro atoms. The highest BCUT2D eigenvalue weighted by Crippen LogP contribution is 2.25. The summed E-state index contributed by atoms with van der Waals surface area (Å²) < 4.78 is 10.6. The van der Waals surface area contributed by atoms with Gasteiger partial charge in [0.05, 0.1) is 7.11 Å². The molecule has 8 heteroatoms. The van der Waals surface area contributed by atoms with Crippen molar-refractivity contribution in [3.63, 3.8) is 0 Å². The zero-order valence-corrected chi connectivity index (χ0v) is 22.6. The maximum atomic E-state index is 13.7. The van der Waals surface area contributed by atoms with Crippen molar-refractivity contribution in [1.29, 1.82) is 0 Å². The number of rotatable bonds is 9. The molecule has 0 saturated carbocycles. The molecule has 3 amide bonds. The van der Waals surface area contributed by atoms with Gasteiger partial charge in [0.15, 0.2) is 0 Å². The van der Waals surface area contributed by atoms with E-state index in [9.17, 15) is 14.4 Å². The van der Waals surface area contributed by atoms with Crippen LogP contribution in [0.1, 0.15) is 58.2 Å². The fourth-order valence-electron chi connectivity index (χ4n) is 3.66. The highest BCUT2D eigenvalue weighted by atomic mass is 16.6. The first kappa shape index (κ1) is 29.2. The maximum absolute atomic E-state index is 13.7. The first-order valence-corrected chi connectivity index (χ1v) is 12.2. The molecular weight excluding hydrogens is 470 g/mol. The van der Waals surface area contributed by atoms with Gasteiger partial charge < -0.3 is 25.0 Å². The number of benzene rings is 2. The summed E-state index contributed by atoms with van der Waals surface area (Å²) in [6.45, 7) is 9.03. The van der Waals surface area contributed by atoms with Gasteiger partial charge in [-0.05, 0) is 68.7 Å². The van der Waals surface area contributed by atoms with Crippen molar-refractivity contribution < 1.29 is 23.9 Å². The molecule has 0 saturated heterocycles. The lowest BCUT2D eigenvalue weighted by Gasteiger charge is -2.33. The molecule has 0 fully saturated rings. The van der Waals surface area contributed by atoms with Crippen LogP contribution in [-0.4, -0.2) is 48.6 Å². The van der Waals surface area contributed by atoms with Crippen molar-refractivity contribution in [2.24, 2.45) is 5.92 Å². The third kappa shape index (κ3) is 8.28. The smallest absolute Gasteiger partial charge is 0.408 e. The highest BCUT2D eigenvalue weighted by molar-refractivity contribution is 5.99. The van der Waals surface area contributed by atoms with E-state index in [0.29, 0.717) is 29.0 Å². The number of amides is 3. The van der Waals surface area contributed by atoms with Crippen molar-refractivity contribution in [3.05, 3.63) is 59.7 Å². The van der Waals surface area contributed by atoms with E-state index in [1.54, 1.807) is 83.5 Å². The second-order valence-electron chi connectivity index (χ2n) is 9.85. The minimum atomic E-state index is -0.992. The Morgan fingerprint density at radius 3 is 2.14 bits per heavy atom. The van der Waals surface area contributed by atoms with Gasteiger partial charge in [0.1, 0.15) is 23.4 Å². The van der Waals surface area contributed by atoms with Gasteiger partial charge in [-0.3, -0.25) is 9.59 Å². The predicted molar refractivity (Wildman–Crippen MR) is 144 cm³/mol. The molecule has 0 heterocycles. The quantitative estimate of drug-likeness (QED) is 0.477. The molecule has 2 N–H and O–H groups in total. The number of hydrogen-bond donors (Lipinski definition) is 2. The molecule has 8 nitrogen and oxygen atoms in total. The van der Waals surface area contributed by atoms with Crippen LogP contribution in [0.15, 0.2) is 48.5 Å². The Balaban J connectivity index is 2.40. The number of terminal acetylenes is 1. The number of anilines is 1. The van der Waals surface area contributed by atoms with Crippen molar-refractivity contribution in [2.45, 2.75) is 58.7 Å². The summed E-state index contributed by atoms with van der Waals surface area (Å²) in [7, 11) is 3.10. The number of carbonyl (C=O) groups excluding carboxylic acids is 3. The summed E-state index contributed by atoms with van der Waals surface area (Å²) in [6, 6.07) is 11.9. The molecular formula is C29H37N3O5. The molecule has 0 aliphatic heterocycles. The molecule has 0 radical (unpaired) electrons. The number of carbonyl (C=O) groups is 3. The van der Waals surface area contributed by atoms with Gasteiger partial charge in [0.25, 0.3) is 5.91 Å². The maximum Gasteiger partial charge on any atom is 0.408 e. The molecule has 3 unspecified atom stereocenters. The Bertz CT molecular complexity index is 1110. The standard InChI is InChI=1S/C29H37N3O5/c1-9-19(3)24(31-28(35)37-29(4,5)6)27(34)32(7)25(21-13-11-20(10-2)12-14-21)26(33)30-22-15-17-23(36-8)18-16-22/h2,11-19,24-25H,9H2,1,3-8H3,(H,30,33)(H,31,35). The minimum Gasteiger partial charge on any atom is -0.497 e.